The number of aromatic amines is 1. The van der Waals surface area contributed by atoms with Crippen molar-refractivity contribution < 1.29 is 0 Å². The highest BCUT2D eigenvalue weighted by Crippen LogP contribution is 2.09. The van der Waals surface area contributed by atoms with Gasteiger partial charge in [0.1, 0.15) is 5.82 Å². The number of imidazole rings is 1. The Kier molecular flexibility index (Phi) is 2.27. The van der Waals surface area contributed by atoms with E-state index in [-0.39, 0.29) is 0 Å². The lowest BCUT2D eigenvalue weighted by Crippen LogP contribution is -2.35. The minimum atomic E-state index is 0.603. The maximum Gasteiger partial charge on any atom is 0.123 e. The molecule has 1 aromatic heterocycles. The number of piperidine rings is 1. The van der Waals surface area contributed by atoms with E-state index in [2.05, 4.69) is 20.6 Å². The van der Waals surface area contributed by atoms with E-state index in [0.29, 0.717) is 6.04 Å². The van der Waals surface area contributed by atoms with Crippen LogP contribution in [0.3, 0.4) is 0 Å². The Bertz CT molecular complexity index is 213. The van der Waals surface area contributed by atoms with Crippen molar-refractivity contribution >= 4 is 5.82 Å². The Morgan fingerprint density at radius 2 is 2.25 bits per heavy atom. The highest BCUT2D eigenvalue weighted by atomic mass is 15.1. The zero-order valence-corrected chi connectivity index (χ0v) is 7.01. The average molecular weight is 166 g/mol. The molecule has 1 fully saturated rings. The molecule has 2 rings (SSSR count). The second-order valence-electron chi connectivity index (χ2n) is 3.13. The minimum absolute atomic E-state index is 0.603. The molecule has 0 atom stereocenters. The Labute approximate surface area is 71.8 Å². The fourth-order valence-electron chi connectivity index (χ4n) is 1.52. The van der Waals surface area contributed by atoms with Crippen molar-refractivity contribution in [2.24, 2.45) is 0 Å². The molecular weight excluding hydrogens is 152 g/mol. The van der Waals surface area contributed by atoms with Crippen LogP contribution in [0.15, 0.2) is 12.5 Å². The Hall–Kier alpha value is -1.03. The summed E-state index contributed by atoms with van der Waals surface area (Å²) in [6.07, 6.45) is 5.91. The van der Waals surface area contributed by atoms with Crippen molar-refractivity contribution in [1.82, 2.24) is 15.3 Å². The SMILES string of the molecule is c1ncc(NC2CCNCC2)[nH]1. The third-order valence-electron chi connectivity index (χ3n) is 2.20. The molecule has 1 saturated heterocycles. The van der Waals surface area contributed by atoms with E-state index in [9.17, 15) is 0 Å². The van der Waals surface area contributed by atoms with Crippen molar-refractivity contribution in [2.75, 3.05) is 18.4 Å². The molecule has 0 spiro atoms. The van der Waals surface area contributed by atoms with Crippen LogP contribution in [0.2, 0.25) is 0 Å². The maximum atomic E-state index is 3.95. The number of rotatable bonds is 2. The van der Waals surface area contributed by atoms with Gasteiger partial charge in [0.15, 0.2) is 0 Å². The van der Waals surface area contributed by atoms with E-state index in [1.54, 1.807) is 6.33 Å². The summed E-state index contributed by atoms with van der Waals surface area (Å²) in [6.45, 7) is 2.23. The molecule has 0 saturated carbocycles. The molecule has 12 heavy (non-hydrogen) atoms. The molecule has 0 amide bonds. The molecule has 1 aliphatic rings. The molecule has 0 radical (unpaired) electrons. The van der Waals surface area contributed by atoms with Gasteiger partial charge in [-0.3, -0.25) is 0 Å². The summed E-state index contributed by atoms with van der Waals surface area (Å²) in [6, 6.07) is 0.603. The van der Waals surface area contributed by atoms with Gasteiger partial charge < -0.3 is 15.6 Å². The maximum absolute atomic E-state index is 3.95. The van der Waals surface area contributed by atoms with Crippen LogP contribution in [0.4, 0.5) is 5.82 Å². The van der Waals surface area contributed by atoms with E-state index >= 15 is 0 Å². The summed E-state index contributed by atoms with van der Waals surface area (Å²) in [5.41, 5.74) is 0. The number of aromatic nitrogens is 2. The normalized spacial score (nSPS) is 19.3. The van der Waals surface area contributed by atoms with Gasteiger partial charge in [-0.15, -0.1) is 0 Å². The summed E-state index contributed by atoms with van der Waals surface area (Å²) in [5.74, 6) is 1.03. The Balaban J connectivity index is 1.86. The largest absolute Gasteiger partial charge is 0.367 e. The van der Waals surface area contributed by atoms with Crippen molar-refractivity contribution in [2.45, 2.75) is 18.9 Å². The predicted octanol–water partition coefficient (Wildman–Crippen LogP) is 0.574. The van der Waals surface area contributed by atoms with Gasteiger partial charge in [-0.25, -0.2) is 4.98 Å². The van der Waals surface area contributed by atoms with E-state index in [4.69, 9.17) is 0 Å². The molecule has 4 heteroatoms. The van der Waals surface area contributed by atoms with Crippen molar-refractivity contribution in [3.8, 4) is 0 Å². The summed E-state index contributed by atoms with van der Waals surface area (Å²) < 4.78 is 0. The zero-order valence-electron chi connectivity index (χ0n) is 7.01. The van der Waals surface area contributed by atoms with Gasteiger partial charge in [-0.2, -0.15) is 0 Å². The van der Waals surface area contributed by atoms with Crippen LogP contribution >= 0.6 is 0 Å². The number of hydrogen-bond donors (Lipinski definition) is 3. The topological polar surface area (TPSA) is 52.7 Å². The molecule has 0 aromatic carbocycles. The number of nitrogens with zero attached hydrogens (tertiary/aromatic N) is 1. The lowest BCUT2D eigenvalue weighted by Gasteiger charge is -2.23. The lowest BCUT2D eigenvalue weighted by molar-refractivity contribution is 0.478. The standard InChI is InChI=1S/C8H14N4/c1-3-9-4-2-7(1)12-8-5-10-6-11-8/h5-7,9,12H,1-4H2,(H,10,11). The smallest absolute Gasteiger partial charge is 0.123 e. The third kappa shape index (κ3) is 1.76. The summed E-state index contributed by atoms with van der Waals surface area (Å²) in [7, 11) is 0. The first-order valence-corrected chi connectivity index (χ1v) is 4.41. The van der Waals surface area contributed by atoms with E-state index < -0.39 is 0 Å². The van der Waals surface area contributed by atoms with E-state index in [1.165, 1.54) is 12.8 Å². The van der Waals surface area contributed by atoms with Crippen LogP contribution in [0.5, 0.6) is 0 Å². The van der Waals surface area contributed by atoms with Gasteiger partial charge in [0.25, 0.3) is 0 Å². The molecule has 3 N–H and O–H groups in total. The van der Waals surface area contributed by atoms with Crippen LogP contribution < -0.4 is 10.6 Å². The minimum Gasteiger partial charge on any atom is -0.367 e. The molecule has 0 aliphatic carbocycles. The van der Waals surface area contributed by atoms with Gasteiger partial charge in [-0.1, -0.05) is 0 Å². The average Bonchev–Trinajstić information content (AvgIpc) is 2.59. The molecule has 1 aromatic rings. The summed E-state index contributed by atoms with van der Waals surface area (Å²) in [5, 5.41) is 6.73. The molecule has 0 bridgehead atoms. The van der Waals surface area contributed by atoms with Crippen molar-refractivity contribution in [1.29, 1.82) is 0 Å². The van der Waals surface area contributed by atoms with Gasteiger partial charge in [-0.05, 0) is 25.9 Å². The van der Waals surface area contributed by atoms with Crippen LogP contribution in [-0.2, 0) is 0 Å². The van der Waals surface area contributed by atoms with Crippen molar-refractivity contribution in [3.05, 3.63) is 12.5 Å². The molecule has 1 aliphatic heterocycles. The monoisotopic (exact) mass is 166 g/mol. The quantitative estimate of drug-likeness (QED) is 0.602. The number of hydrogen-bond acceptors (Lipinski definition) is 3. The zero-order chi connectivity index (χ0) is 8.23. The van der Waals surface area contributed by atoms with Crippen molar-refractivity contribution in [3.63, 3.8) is 0 Å². The van der Waals surface area contributed by atoms with Crippen LogP contribution in [0.25, 0.3) is 0 Å². The molecule has 4 nitrogen and oxygen atoms in total. The van der Waals surface area contributed by atoms with Crippen LogP contribution in [0, 0.1) is 0 Å². The summed E-state index contributed by atoms with van der Waals surface area (Å²) in [4.78, 5) is 7.00. The van der Waals surface area contributed by atoms with Crippen LogP contribution in [-0.4, -0.2) is 29.1 Å². The van der Waals surface area contributed by atoms with Gasteiger partial charge >= 0.3 is 0 Å². The second kappa shape index (κ2) is 3.58. The number of nitrogens with one attached hydrogen (secondary N) is 3. The first-order chi connectivity index (χ1) is 5.95. The van der Waals surface area contributed by atoms with Gasteiger partial charge in [0.2, 0.25) is 0 Å². The predicted molar refractivity (Wildman–Crippen MR) is 48.1 cm³/mol. The molecule has 66 valence electrons. The first kappa shape index (κ1) is 7.61. The highest BCUT2D eigenvalue weighted by molar-refractivity contribution is 5.31. The fraction of sp³-hybridized carbons (Fsp3) is 0.625. The second-order valence-corrected chi connectivity index (χ2v) is 3.13. The Morgan fingerprint density at radius 1 is 1.42 bits per heavy atom. The summed E-state index contributed by atoms with van der Waals surface area (Å²) >= 11 is 0. The first-order valence-electron chi connectivity index (χ1n) is 4.41. The van der Waals surface area contributed by atoms with Crippen LogP contribution in [0.1, 0.15) is 12.8 Å². The fourth-order valence-corrected chi connectivity index (χ4v) is 1.52. The van der Waals surface area contributed by atoms with E-state index in [1.807, 2.05) is 6.20 Å². The number of H-pyrrole nitrogens is 1. The van der Waals surface area contributed by atoms with Gasteiger partial charge in [0.05, 0.1) is 12.5 Å². The molecule has 0 unspecified atom stereocenters. The lowest BCUT2D eigenvalue weighted by atomic mass is 10.1. The van der Waals surface area contributed by atoms with E-state index in [0.717, 1.165) is 18.9 Å². The molecular formula is C8H14N4. The molecule has 2 heterocycles. The highest BCUT2D eigenvalue weighted by Gasteiger charge is 2.12. The third-order valence-corrected chi connectivity index (χ3v) is 2.20. The van der Waals surface area contributed by atoms with Gasteiger partial charge in [0, 0.05) is 6.04 Å². The number of anilines is 1. The Morgan fingerprint density at radius 3 is 2.92 bits per heavy atom.